The Labute approximate surface area is 75.5 Å². The zero-order chi connectivity index (χ0) is 9.03. The molecule has 1 unspecified atom stereocenters. The van der Waals surface area contributed by atoms with Crippen LogP contribution in [0.3, 0.4) is 0 Å². The predicted octanol–water partition coefficient (Wildman–Crippen LogP) is 2.61. The van der Waals surface area contributed by atoms with Crippen molar-refractivity contribution in [2.24, 2.45) is 5.41 Å². The molecule has 0 bridgehead atoms. The van der Waals surface area contributed by atoms with Crippen molar-refractivity contribution in [2.75, 3.05) is 6.61 Å². The van der Waals surface area contributed by atoms with E-state index in [4.69, 9.17) is 11.2 Å². The monoisotopic (exact) mass is 166 g/mol. The lowest BCUT2D eigenvalue weighted by Gasteiger charge is -2.25. The molecule has 1 heterocycles. The summed E-state index contributed by atoms with van der Waals surface area (Å²) in [4.78, 5) is 0. The molecule has 68 valence electrons. The molecule has 1 rings (SSSR count). The summed E-state index contributed by atoms with van der Waals surface area (Å²) in [6.45, 7) is 5.37. The quantitative estimate of drug-likeness (QED) is 0.586. The molecule has 0 N–H and O–H groups in total. The lowest BCUT2D eigenvalue weighted by Crippen LogP contribution is -2.19. The van der Waals surface area contributed by atoms with E-state index in [9.17, 15) is 0 Å². The Morgan fingerprint density at radius 2 is 2.33 bits per heavy atom. The number of ether oxygens (including phenoxy) is 1. The van der Waals surface area contributed by atoms with Gasteiger partial charge in [0.15, 0.2) is 0 Å². The van der Waals surface area contributed by atoms with Gasteiger partial charge in [0.1, 0.15) is 0 Å². The molecule has 0 aliphatic carbocycles. The molecular formula is C11H18O. The molecule has 0 saturated carbocycles. The first-order valence-corrected chi connectivity index (χ1v) is 4.69. The summed E-state index contributed by atoms with van der Waals surface area (Å²) in [6.07, 6.45) is 10.2. The van der Waals surface area contributed by atoms with Gasteiger partial charge in [-0.25, -0.2) is 0 Å². The molecule has 12 heavy (non-hydrogen) atoms. The Balaban J connectivity index is 2.33. The van der Waals surface area contributed by atoms with E-state index in [2.05, 4.69) is 19.8 Å². The second-order valence-corrected chi connectivity index (χ2v) is 4.38. The molecule has 1 aliphatic heterocycles. The Morgan fingerprint density at radius 3 is 2.83 bits per heavy atom. The molecule has 1 nitrogen and oxygen atoms in total. The minimum atomic E-state index is 0.254. The maximum absolute atomic E-state index is 5.57. The van der Waals surface area contributed by atoms with Crippen LogP contribution in [-0.2, 0) is 4.74 Å². The number of terminal acetylenes is 1. The summed E-state index contributed by atoms with van der Waals surface area (Å²) in [5.41, 5.74) is 0.254. The van der Waals surface area contributed by atoms with Crippen molar-refractivity contribution in [1.29, 1.82) is 0 Å². The first-order valence-electron chi connectivity index (χ1n) is 4.69. The maximum Gasteiger partial charge on any atom is 0.0581 e. The van der Waals surface area contributed by atoms with E-state index in [0.29, 0.717) is 6.10 Å². The third kappa shape index (κ3) is 2.87. The predicted molar refractivity (Wildman–Crippen MR) is 50.8 cm³/mol. The standard InChI is InChI=1S/C11H18O/c1-4-7-11(2,3)9-10-6-5-8-12-10/h1,10H,5-9H2,2-3H3. The summed E-state index contributed by atoms with van der Waals surface area (Å²) >= 11 is 0. The molecule has 0 aromatic carbocycles. The van der Waals surface area contributed by atoms with Crippen LogP contribution in [0.15, 0.2) is 0 Å². The van der Waals surface area contributed by atoms with Gasteiger partial charge in [0.2, 0.25) is 0 Å². The summed E-state index contributed by atoms with van der Waals surface area (Å²) < 4.78 is 5.57. The lowest BCUT2D eigenvalue weighted by molar-refractivity contribution is 0.0728. The maximum atomic E-state index is 5.57. The van der Waals surface area contributed by atoms with E-state index in [1.807, 2.05) is 0 Å². The van der Waals surface area contributed by atoms with Gasteiger partial charge in [0.25, 0.3) is 0 Å². The van der Waals surface area contributed by atoms with Gasteiger partial charge >= 0.3 is 0 Å². The number of hydrogen-bond acceptors (Lipinski definition) is 1. The van der Waals surface area contributed by atoms with Crippen LogP contribution in [0.25, 0.3) is 0 Å². The van der Waals surface area contributed by atoms with Crippen LogP contribution in [-0.4, -0.2) is 12.7 Å². The Morgan fingerprint density at radius 1 is 1.58 bits per heavy atom. The SMILES string of the molecule is C#CCC(C)(C)CC1CCCO1. The van der Waals surface area contributed by atoms with E-state index in [1.54, 1.807) is 0 Å². The molecule has 1 aliphatic rings. The smallest absolute Gasteiger partial charge is 0.0581 e. The summed E-state index contributed by atoms with van der Waals surface area (Å²) in [6, 6.07) is 0. The van der Waals surface area contributed by atoms with Crippen molar-refractivity contribution in [3.8, 4) is 12.3 Å². The molecule has 0 aromatic heterocycles. The second-order valence-electron chi connectivity index (χ2n) is 4.38. The van der Waals surface area contributed by atoms with Crippen molar-refractivity contribution in [1.82, 2.24) is 0 Å². The highest BCUT2D eigenvalue weighted by Crippen LogP contribution is 2.30. The molecular weight excluding hydrogens is 148 g/mol. The first kappa shape index (κ1) is 9.61. The summed E-state index contributed by atoms with van der Waals surface area (Å²) in [7, 11) is 0. The summed E-state index contributed by atoms with van der Waals surface area (Å²) in [5, 5.41) is 0. The molecule has 0 amide bonds. The highest BCUT2D eigenvalue weighted by molar-refractivity contribution is 4.92. The van der Waals surface area contributed by atoms with Crippen molar-refractivity contribution in [3.05, 3.63) is 0 Å². The molecule has 1 heteroatoms. The average molecular weight is 166 g/mol. The molecule has 1 saturated heterocycles. The number of rotatable bonds is 3. The molecule has 0 radical (unpaired) electrons. The van der Waals surface area contributed by atoms with E-state index in [0.717, 1.165) is 19.4 Å². The zero-order valence-electron chi connectivity index (χ0n) is 8.10. The molecule has 1 atom stereocenters. The first-order chi connectivity index (χ1) is 5.64. The number of hydrogen-bond donors (Lipinski definition) is 0. The Kier molecular flexibility index (Phi) is 3.17. The summed E-state index contributed by atoms with van der Waals surface area (Å²) in [5.74, 6) is 2.73. The van der Waals surface area contributed by atoms with Gasteiger partial charge in [-0.15, -0.1) is 12.3 Å². The largest absolute Gasteiger partial charge is 0.378 e. The van der Waals surface area contributed by atoms with Crippen LogP contribution in [0.2, 0.25) is 0 Å². The van der Waals surface area contributed by atoms with Crippen molar-refractivity contribution < 1.29 is 4.74 Å². The Hall–Kier alpha value is -0.480. The minimum absolute atomic E-state index is 0.254. The molecule has 0 spiro atoms. The normalized spacial score (nSPS) is 23.9. The molecule has 0 aromatic rings. The van der Waals surface area contributed by atoms with Crippen LogP contribution in [0.1, 0.15) is 39.5 Å². The topological polar surface area (TPSA) is 9.23 Å². The van der Waals surface area contributed by atoms with Gasteiger partial charge in [0, 0.05) is 13.0 Å². The fourth-order valence-electron chi connectivity index (χ4n) is 1.77. The highest BCUT2D eigenvalue weighted by Gasteiger charge is 2.25. The van der Waals surface area contributed by atoms with Crippen LogP contribution in [0, 0.1) is 17.8 Å². The van der Waals surface area contributed by atoms with Gasteiger partial charge in [-0.05, 0) is 24.7 Å². The zero-order valence-corrected chi connectivity index (χ0v) is 8.10. The fraction of sp³-hybridized carbons (Fsp3) is 0.818. The van der Waals surface area contributed by atoms with Crippen LogP contribution < -0.4 is 0 Å². The van der Waals surface area contributed by atoms with E-state index >= 15 is 0 Å². The van der Waals surface area contributed by atoms with Crippen molar-refractivity contribution in [2.45, 2.75) is 45.6 Å². The van der Waals surface area contributed by atoms with Crippen LogP contribution in [0.4, 0.5) is 0 Å². The Bertz CT molecular complexity index is 170. The fourth-order valence-corrected chi connectivity index (χ4v) is 1.77. The van der Waals surface area contributed by atoms with Gasteiger partial charge in [-0.3, -0.25) is 0 Å². The highest BCUT2D eigenvalue weighted by atomic mass is 16.5. The van der Waals surface area contributed by atoms with Crippen molar-refractivity contribution in [3.63, 3.8) is 0 Å². The third-order valence-electron chi connectivity index (χ3n) is 2.38. The van der Waals surface area contributed by atoms with Gasteiger partial charge in [-0.2, -0.15) is 0 Å². The van der Waals surface area contributed by atoms with E-state index < -0.39 is 0 Å². The van der Waals surface area contributed by atoms with E-state index in [-0.39, 0.29) is 5.41 Å². The third-order valence-corrected chi connectivity index (χ3v) is 2.38. The van der Waals surface area contributed by atoms with Gasteiger partial charge in [0.05, 0.1) is 6.10 Å². The lowest BCUT2D eigenvalue weighted by atomic mass is 9.83. The minimum Gasteiger partial charge on any atom is -0.378 e. The average Bonchev–Trinajstić information content (AvgIpc) is 2.38. The van der Waals surface area contributed by atoms with Gasteiger partial charge < -0.3 is 4.74 Å². The van der Waals surface area contributed by atoms with Crippen molar-refractivity contribution >= 4 is 0 Å². The van der Waals surface area contributed by atoms with Gasteiger partial charge in [-0.1, -0.05) is 13.8 Å². The molecule has 1 fully saturated rings. The van der Waals surface area contributed by atoms with Crippen LogP contribution >= 0.6 is 0 Å². The second kappa shape index (κ2) is 3.96. The van der Waals surface area contributed by atoms with Crippen LogP contribution in [0.5, 0.6) is 0 Å². The van der Waals surface area contributed by atoms with E-state index in [1.165, 1.54) is 12.8 Å².